The van der Waals surface area contributed by atoms with E-state index in [1.54, 1.807) is 12.1 Å². The summed E-state index contributed by atoms with van der Waals surface area (Å²) in [6, 6.07) is 5.44. The Balaban J connectivity index is 1.90. The molecule has 1 unspecified atom stereocenters. The predicted octanol–water partition coefficient (Wildman–Crippen LogP) is 3.79. The molecule has 27 heavy (non-hydrogen) atoms. The quantitative estimate of drug-likeness (QED) is 0.682. The number of carbonyl (C=O) groups is 1. The molecular formula is C21H34N2O3S. The predicted molar refractivity (Wildman–Crippen MR) is 109 cm³/mol. The molecule has 1 aromatic rings. The number of piperidine rings is 1. The zero-order valence-electron chi connectivity index (χ0n) is 17.1. The van der Waals surface area contributed by atoms with Crippen LogP contribution in [-0.2, 0) is 14.8 Å². The molecule has 1 atom stereocenters. The molecule has 1 N–H and O–H groups in total. The Labute approximate surface area is 164 Å². The van der Waals surface area contributed by atoms with E-state index in [1.807, 2.05) is 26.8 Å². The van der Waals surface area contributed by atoms with Crippen LogP contribution < -0.4 is 5.32 Å². The van der Waals surface area contributed by atoms with Gasteiger partial charge >= 0.3 is 0 Å². The lowest BCUT2D eigenvalue weighted by Crippen LogP contribution is -2.44. The van der Waals surface area contributed by atoms with Crippen LogP contribution in [0.25, 0.3) is 0 Å². The van der Waals surface area contributed by atoms with Crippen LogP contribution in [0.1, 0.15) is 63.5 Å². The van der Waals surface area contributed by atoms with Gasteiger partial charge in [0.1, 0.15) is 0 Å². The highest BCUT2D eigenvalue weighted by molar-refractivity contribution is 7.89. The number of hydrogen-bond donors (Lipinski definition) is 1. The van der Waals surface area contributed by atoms with Gasteiger partial charge in [0, 0.05) is 25.0 Å². The van der Waals surface area contributed by atoms with Gasteiger partial charge in [-0.1, -0.05) is 32.3 Å². The van der Waals surface area contributed by atoms with Gasteiger partial charge in [-0.25, -0.2) is 8.42 Å². The van der Waals surface area contributed by atoms with E-state index in [0.29, 0.717) is 30.8 Å². The molecule has 1 amide bonds. The number of rotatable bonds is 8. The molecule has 1 aromatic carbocycles. The molecule has 0 bridgehead atoms. The molecule has 0 radical (unpaired) electrons. The summed E-state index contributed by atoms with van der Waals surface area (Å²) in [6.07, 6.45) is 5.66. The molecule has 0 spiro atoms. The molecule has 1 saturated heterocycles. The molecule has 0 saturated carbocycles. The fraction of sp³-hybridized carbons (Fsp3) is 0.667. The van der Waals surface area contributed by atoms with Crippen LogP contribution in [0.15, 0.2) is 23.1 Å². The number of benzene rings is 1. The van der Waals surface area contributed by atoms with Gasteiger partial charge in [0.25, 0.3) is 0 Å². The molecule has 1 fully saturated rings. The van der Waals surface area contributed by atoms with Crippen LogP contribution in [0.3, 0.4) is 0 Å². The van der Waals surface area contributed by atoms with Crippen LogP contribution in [0.4, 0.5) is 0 Å². The summed E-state index contributed by atoms with van der Waals surface area (Å²) in [6.45, 7) is 8.91. The summed E-state index contributed by atoms with van der Waals surface area (Å²) >= 11 is 0. The smallest absolute Gasteiger partial charge is 0.243 e. The van der Waals surface area contributed by atoms with Gasteiger partial charge in [-0.15, -0.1) is 0 Å². The van der Waals surface area contributed by atoms with E-state index < -0.39 is 10.0 Å². The maximum Gasteiger partial charge on any atom is 0.243 e. The molecule has 1 aliphatic heterocycles. The number of unbranched alkanes of at least 4 members (excludes halogenated alkanes) is 2. The van der Waals surface area contributed by atoms with E-state index in [1.165, 1.54) is 17.1 Å². The van der Waals surface area contributed by atoms with Gasteiger partial charge in [-0.2, -0.15) is 4.31 Å². The minimum Gasteiger partial charge on any atom is -0.353 e. The van der Waals surface area contributed by atoms with Crippen molar-refractivity contribution in [2.24, 2.45) is 5.92 Å². The fourth-order valence-corrected chi connectivity index (χ4v) is 5.07. The average Bonchev–Trinajstić information content (AvgIpc) is 2.64. The SMILES string of the molecule is CCCCCC(C)NC(=O)C1CCN(S(=O)(=O)c2ccc(C)c(C)c2)CC1. The van der Waals surface area contributed by atoms with E-state index in [0.717, 1.165) is 24.0 Å². The number of hydrogen-bond acceptors (Lipinski definition) is 3. The second-order valence-corrected chi connectivity index (χ2v) is 9.77. The number of nitrogens with zero attached hydrogens (tertiary/aromatic N) is 1. The van der Waals surface area contributed by atoms with Crippen molar-refractivity contribution in [3.8, 4) is 0 Å². The van der Waals surface area contributed by atoms with Gasteiger partial charge in [0.15, 0.2) is 0 Å². The Hall–Kier alpha value is -1.40. The normalized spacial score (nSPS) is 17.6. The van der Waals surface area contributed by atoms with Crippen LogP contribution in [0.5, 0.6) is 0 Å². The van der Waals surface area contributed by atoms with Crippen molar-refractivity contribution in [1.29, 1.82) is 0 Å². The first-order valence-corrected chi connectivity index (χ1v) is 11.6. The number of sulfonamides is 1. The van der Waals surface area contributed by atoms with Gasteiger partial charge in [0.2, 0.25) is 15.9 Å². The molecule has 1 aliphatic rings. The highest BCUT2D eigenvalue weighted by Gasteiger charge is 2.32. The van der Waals surface area contributed by atoms with Crippen molar-refractivity contribution in [2.45, 2.75) is 77.2 Å². The summed E-state index contributed by atoms with van der Waals surface area (Å²) in [7, 11) is -3.49. The summed E-state index contributed by atoms with van der Waals surface area (Å²) < 4.78 is 27.3. The standard InChI is InChI=1S/C21H34N2O3S/c1-5-6-7-8-18(4)22-21(24)19-11-13-23(14-12-19)27(25,26)20-10-9-16(2)17(3)15-20/h9-10,15,18-19H,5-8,11-14H2,1-4H3,(H,22,24). The van der Waals surface area contributed by atoms with E-state index in [4.69, 9.17) is 0 Å². The van der Waals surface area contributed by atoms with Crippen molar-refractivity contribution >= 4 is 15.9 Å². The number of aryl methyl sites for hydroxylation is 2. The third-order valence-corrected chi connectivity index (χ3v) is 7.46. The van der Waals surface area contributed by atoms with Crippen molar-refractivity contribution in [3.63, 3.8) is 0 Å². The second-order valence-electron chi connectivity index (χ2n) is 7.83. The minimum absolute atomic E-state index is 0.0715. The molecular weight excluding hydrogens is 360 g/mol. The Morgan fingerprint density at radius 3 is 2.44 bits per heavy atom. The minimum atomic E-state index is -3.49. The van der Waals surface area contributed by atoms with E-state index in [2.05, 4.69) is 12.2 Å². The Kier molecular flexibility index (Phi) is 7.86. The lowest BCUT2D eigenvalue weighted by molar-refractivity contribution is -0.126. The maximum atomic E-state index is 12.9. The van der Waals surface area contributed by atoms with Crippen LogP contribution in [0, 0.1) is 19.8 Å². The van der Waals surface area contributed by atoms with Gasteiger partial charge in [-0.05, 0) is 63.3 Å². The molecule has 152 valence electrons. The molecule has 0 aliphatic carbocycles. The van der Waals surface area contributed by atoms with E-state index >= 15 is 0 Å². The second kappa shape index (κ2) is 9.69. The van der Waals surface area contributed by atoms with Gasteiger partial charge in [-0.3, -0.25) is 4.79 Å². The number of amides is 1. The molecule has 2 rings (SSSR count). The van der Waals surface area contributed by atoms with E-state index in [-0.39, 0.29) is 17.9 Å². The molecule has 0 aromatic heterocycles. The third kappa shape index (κ3) is 5.79. The zero-order chi connectivity index (χ0) is 20.0. The largest absolute Gasteiger partial charge is 0.353 e. The maximum absolute atomic E-state index is 12.9. The average molecular weight is 395 g/mol. The number of nitrogens with one attached hydrogen (secondary N) is 1. The van der Waals surface area contributed by atoms with Crippen LogP contribution >= 0.6 is 0 Å². The third-order valence-electron chi connectivity index (χ3n) is 5.57. The molecule has 6 heteroatoms. The zero-order valence-corrected chi connectivity index (χ0v) is 17.9. The lowest BCUT2D eigenvalue weighted by Gasteiger charge is -2.31. The van der Waals surface area contributed by atoms with Gasteiger partial charge < -0.3 is 5.32 Å². The monoisotopic (exact) mass is 394 g/mol. The van der Waals surface area contributed by atoms with Crippen molar-refractivity contribution in [3.05, 3.63) is 29.3 Å². The van der Waals surface area contributed by atoms with Crippen LogP contribution in [0.2, 0.25) is 0 Å². The van der Waals surface area contributed by atoms with Crippen molar-refractivity contribution in [2.75, 3.05) is 13.1 Å². The Morgan fingerprint density at radius 1 is 1.19 bits per heavy atom. The first-order valence-electron chi connectivity index (χ1n) is 10.1. The van der Waals surface area contributed by atoms with Gasteiger partial charge in [0.05, 0.1) is 4.90 Å². The van der Waals surface area contributed by atoms with Crippen molar-refractivity contribution in [1.82, 2.24) is 9.62 Å². The summed E-state index contributed by atoms with van der Waals surface area (Å²) in [4.78, 5) is 12.8. The Bertz CT molecular complexity index is 738. The summed E-state index contributed by atoms with van der Waals surface area (Å²) in [5.41, 5.74) is 2.06. The lowest BCUT2D eigenvalue weighted by atomic mass is 9.96. The number of carbonyl (C=O) groups excluding carboxylic acids is 1. The molecule has 1 heterocycles. The highest BCUT2D eigenvalue weighted by atomic mass is 32.2. The van der Waals surface area contributed by atoms with Crippen LogP contribution in [-0.4, -0.2) is 37.8 Å². The topological polar surface area (TPSA) is 66.5 Å². The summed E-state index contributed by atoms with van der Waals surface area (Å²) in [5.74, 6) is -0.0212. The highest BCUT2D eigenvalue weighted by Crippen LogP contribution is 2.25. The first kappa shape index (κ1) is 21.9. The fourth-order valence-electron chi connectivity index (χ4n) is 3.52. The summed E-state index contributed by atoms with van der Waals surface area (Å²) in [5, 5.41) is 3.10. The first-order chi connectivity index (χ1) is 12.8. The van der Waals surface area contributed by atoms with E-state index in [9.17, 15) is 13.2 Å². The van der Waals surface area contributed by atoms with Crippen molar-refractivity contribution < 1.29 is 13.2 Å². The Morgan fingerprint density at radius 2 is 1.85 bits per heavy atom. The molecule has 5 nitrogen and oxygen atoms in total.